The van der Waals surface area contributed by atoms with Crippen molar-refractivity contribution in [2.24, 2.45) is 11.7 Å². The predicted octanol–water partition coefficient (Wildman–Crippen LogP) is 1.75. The maximum atomic E-state index is 5.43. The van der Waals surface area contributed by atoms with Gasteiger partial charge in [-0.15, -0.1) is 0 Å². The van der Waals surface area contributed by atoms with Crippen molar-refractivity contribution in [1.82, 2.24) is 5.32 Å². The minimum atomic E-state index is 0.783. The zero-order valence-electron chi connectivity index (χ0n) is 8.60. The molecule has 0 saturated carbocycles. The first kappa shape index (κ1) is 11.9. The van der Waals surface area contributed by atoms with Crippen molar-refractivity contribution in [1.29, 1.82) is 0 Å². The van der Waals surface area contributed by atoms with Crippen LogP contribution in [-0.2, 0) is 0 Å². The molecule has 0 aliphatic heterocycles. The van der Waals surface area contributed by atoms with E-state index < -0.39 is 0 Å². The lowest BCUT2D eigenvalue weighted by Crippen LogP contribution is -2.22. The second kappa shape index (κ2) is 9.01. The number of hydrogen-bond acceptors (Lipinski definition) is 2. The predicted molar refractivity (Wildman–Crippen MR) is 55.2 cm³/mol. The van der Waals surface area contributed by atoms with Gasteiger partial charge in [0.2, 0.25) is 0 Å². The maximum absolute atomic E-state index is 5.43. The summed E-state index contributed by atoms with van der Waals surface area (Å²) in [5.41, 5.74) is 5.43. The third-order valence-electron chi connectivity index (χ3n) is 2.10. The fraction of sp³-hybridized carbons (Fsp3) is 1.00. The average molecular weight is 172 g/mol. The quantitative estimate of drug-likeness (QED) is 0.547. The van der Waals surface area contributed by atoms with Gasteiger partial charge in [0, 0.05) is 0 Å². The second-order valence-corrected chi connectivity index (χ2v) is 3.59. The first-order valence-electron chi connectivity index (χ1n) is 5.22. The third kappa shape index (κ3) is 8.02. The van der Waals surface area contributed by atoms with Crippen LogP contribution in [0, 0.1) is 5.92 Å². The van der Waals surface area contributed by atoms with E-state index >= 15 is 0 Å². The highest BCUT2D eigenvalue weighted by Crippen LogP contribution is 2.02. The van der Waals surface area contributed by atoms with Crippen LogP contribution in [0.3, 0.4) is 0 Å². The Morgan fingerprint density at radius 3 is 2.67 bits per heavy atom. The summed E-state index contributed by atoms with van der Waals surface area (Å²) in [4.78, 5) is 0. The topological polar surface area (TPSA) is 38.0 Å². The van der Waals surface area contributed by atoms with Gasteiger partial charge in [0.25, 0.3) is 0 Å². The maximum Gasteiger partial charge on any atom is -0.00231 e. The van der Waals surface area contributed by atoms with Gasteiger partial charge in [-0.2, -0.15) is 0 Å². The fourth-order valence-electron chi connectivity index (χ4n) is 1.22. The van der Waals surface area contributed by atoms with Gasteiger partial charge in [-0.25, -0.2) is 0 Å². The van der Waals surface area contributed by atoms with Gasteiger partial charge in [-0.3, -0.25) is 0 Å². The molecule has 0 aromatic carbocycles. The Balaban J connectivity index is 3.02. The van der Waals surface area contributed by atoms with E-state index in [1.165, 1.54) is 25.8 Å². The van der Waals surface area contributed by atoms with Crippen LogP contribution in [0.5, 0.6) is 0 Å². The van der Waals surface area contributed by atoms with Gasteiger partial charge in [0.15, 0.2) is 0 Å². The summed E-state index contributed by atoms with van der Waals surface area (Å²) >= 11 is 0. The molecule has 12 heavy (non-hydrogen) atoms. The molecule has 0 rings (SSSR count). The van der Waals surface area contributed by atoms with E-state index in [-0.39, 0.29) is 0 Å². The van der Waals surface area contributed by atoms with Gasteiger partial charge in [0.05, 0.1) is 0 Å². The molecular weight excluding hydrogens is 148 g/mol. The van der Waals surface area contributed by atoms with Crippen molar-refractivity contribution in [3.05, 3.63) is 0 Å². The zero-order chi connectivity index (χ0) is 9.23. The molecule has 0 aromatic heterocycles. The van der Waals surface area contributed by atoms with Crippen LogP contribution >= 0.6 is 0 Å². The number of nitrogens with one attached hydrogen (secondary N) is 1. The third-order valence-corrected chi connectivity index (χ3v) is 2.10. The van der Waals surface area contributed by atoms with Crippen LogP contribution < -0.4 is 11.1 Å². The smallest absolute Gasteiger partial charge is 0.00231 e. The van der Waals surface area contributed by atoms with E-state index in [0.717, 1.165) is 25.4 Å². The molecule has 0 radical (unpaired) electrons. The van der Waals surface area contributed by atoms with Crippen molar-refractivity contribution in [2.75, 3.05) is 19.6 Å². The Hall–Kier alpha value is -0.0800. The van der Waals surface area contributed by atoms with E-state index in [4.69, 9.17) is 5.73 Å². The molecule has 74 valence electrons. The van der Waals surface area contributed by atoms with Crippen molar-refractivity contribution >= 4 is 0 Å². The summed E-state index contributed by atoms with van der Waals surface area (Å²) in [6.07, 6.45) is 5.00. The summed E-state index contributed by atoms with van der Waals surface area (Å²) in [5.74, 6) is 0.783. The molecule has 0 amide bonds. The van der Waals surface area contributed by atoms with Crippen molar-refractivity contribution in [3.63, 3.8) is 0 Å². The van der Waals surface area contributed by atoms with Crippen LogP contribution in [0.25, 0.3) is 0 Å². The lowest BCUT2D eigenvalue weighted by Gasteiger charge is -2.11. The standard InChI is InChI=1S/C10H24N2/c1-3-4-8-12-9-10(2)6-5-7-11/h10,12H,3-9,11H2,1-2H3. The molecule has 0 aromatic rings. The van der Waals surface area contributed by atoms with E-state index in [1.807, 2.05) is 0 Å². The van der Waals surface area contributed by atoms with Gasteiger partial charge >= 0.3 is 0 Å². The first-order chi connectivity index (χ1) is 5.81. The summed E-state index contributed by atoms with van der Waals surface area (Å²) in [6, 6.07) is 0. The number of nitrogens with two attached hydrogens (primary N) is 1. The Labute approximate surface area is 76.9 Å². The molecular formula is C10H24N2. The summed E-state index contributed by atoms with van der Waals surface area (Å²) in [7, 11) is 0. The van der Waals surface area contributed by atoms with Crippen molar-refractivity contribution < 1.29 is 0 Å². The Kier molecular flexibility index (Phi) is 8.95. The number of unbranched alkanes of at least 4 members (excludes halogenated alkanes) is 1. The van der Waals surface area contributed by atoms with E-state index in [2.05, 4.69) is 19.2 Å². The molecule has 1 atom stereocenters. The molecule has 0 spiro atoms. The van der Waals surface area contributed by atoms with E-state index in [9.17, 15) is 0 Å². The molecule has 0 bridgehead atoms. The number of hydrogen-bond donors (Lipinski definition) is 2. The van der Waals surface area contributed by atoms with Crippen LogP contribution in [0.4, 0.5) is 0 Å². The average Bonchev–Trinajstić information content (AvgIpc) is 2.09. The molecule has 2 heteroatoms. The molecule has 2 nitrogen and oxygen atoms in total. The van der Waals surface area contributed by atoms with E-state index in [1.54, 1.807) is 0 Å². The van der Waals surface area contributed by atoms with Gasteiger partial charge < -0.3 is 11.1 Å². The lowest BCUT2D eigenvalue weighted by atomic mass is 10.1. The lowest BCUT2D eigenvalue weighted by molar-refractivity contribution is 0.466. The molecule has 0 aliphatic rings. The largest absolute Gasteiger partial charge is 0.330 e. The minimum absolute atomic E-state index is 0.783. The van der Waals surface area contributed by atoms with Crippen LogP contribution in [0.2, 0.25) is 0 Å². The minimum Gasteiger partial charge on any atom is -0.330 e. The summed E-state index contributed by atoms with van der Waals surface area (Å²) in [5, 5.41) is 3.45. The highest BCUT2D eigenvalue weighted by molar-refractivity contribution is 4.57. The van der Waals surface area contributed by atoms with Crippen LogP contribution in [0.1, 0.15) is 39.5 Å². The normalized spacial score (nSPS) is 13.2. The van der Waals surface area contributed by atoms with Crippen molar-refractivity contribution in [3.8, 4) is 0 Å². The molecule has 1 unspecified atom stereocenters. The SMILES string of the molecule is CCCCNCC(C)CCCN. The molecule has 0 heterocycles. The van der Waals surface area contributed by atoms with Gasteiger partial charge in [-0.05, 0) is 44.8 Å². The molecule has 3 N–H and O–H groups in total. The molecule has 0 fully saturated rings. The van der Waals surface area contributed by atoms with Gasteiger partial charge in [0.1, 0.15) is 0 Å². The molecule has 0 saturated heterocycles. The summed E-state index contributed by atoms with van der Waals surface area (Å²) < 4.78 is 0. The monoisotopic (exact) mass is 172 g/mol. The first-order valence-corrected chi connectivity index (χ1v) is 5.22. The molecule has 0 aliphatic carbocycles. The Morgan fingerprint density at radius 2 is 2.08 bits per heavy atom. The highest BCUT2D eigenvalue weighted by Gasteiger charge is 1.99. The second-order valence-electron chi connectivity index (χ2n) is 3.59. The van der Waals surface area contributed by atoms with Gasteiger partial charge in [-0.1, -0.05) is 20.3 Å². The Bertz CT molecular complexity index is 83.9. The zero-order valence-corrected chi connectivity index (χ0v) is 8.60. The van der Waals surface area contributed by atoms with Crippen LogP contribution in [0.15, 0.2) is 0 Å². The fourth-order valence-corrected chi connectivity index (χ4v) is 1.22. The summed E-state index contributed by atoms with van der Waals surface area (Å²) in [6.45, 7) is 7.66. The highest BCUT2D eigenvalue weighted by atomic mass is 14.8. The number of rotatable bonds is 8. The Morgan fingerprint density at radius 1 is 1.33 bits per heavy atom. The van der Waals surface area contributed by atoms with E-state index in [0.29, 0.717) is 0 Å². The van der Waals surface area contributed by atoms with Crippen LogP contribution in [-0.4, -0.2) is 19.6 Å². The van der Waals surface area contributed by atoms with Crippen molar-refractivity contribution in [2.45, 2.75) is 39.5 Å².